The van der Waals surface area contributed by atoms with Crippen LogP contribution >= 0.6 is 15.9 Å². The van der Waals surface area contributed by atoms with Crippen LogP contribution in [0, 0.1) is 11.8 Å². The summed E-state index contributed by atoms with van der Waals surface area (Å²) in [5.74, 6) is 1.41. The van der Waals surface area contributed by atoms with Crippen molar-refractivity contribution in [2.45, 2.75) is 33.2 Å². The van der Waals surface area contributed by atoms with Crippen molar-refractivity contribution < 1.29 is 4.79 Å². The number of halogens is 1. The van der Waals surface area contributed by atoms with E-state index in [1.54, 1.807) is 0 Å². The third-order valence-corrected chi connectivity index (χ3v) is 4.46. The molecule has 0 bridgehead atoms. The molecule has 0 aliphatic carbocycles. The highest BCUT2D eigenvalue weighted by Crippen LogP contribution is 2.23. The molecule has 1 aliphatic heterocycles. The normalized spacial score (nSPS) is 25.2. The van der Waals surface area contributed by atoms with E-state index < -0.39 is 0 Å². The molecule has 1 fully saturated rings. The van der Waals surface area contributed by atoms with Crippen LogP contribution < -0.4 is 5.32 Å². The third-order valence-electron chi connectivity index (χ3n) is 3.94. The lowest BCUT2D eigenvalue weighted by molar-refractivity contribution is -0.121. The number of benzene rings is 1. The molecule has 1 amide bonds. The maximum Gasteiger partial charge on any atom is 0.241 e. The summed E-state index contributed by atoms with van der Waals surface area (Å²) in [6.45, 7) is 8.56. The quantitative estimate of drug-likeness (QED) is 0.910. The van der Waals surface area contributed by atoms with E-state index in [0.29, 0.717) is 11.8 Å². The minimum atomic E-state index is -0.0798. The van der Waals surface area contributed by atoms with Crippen LogP contribution in [0.5, 0.6) is 0 Å². The second kappa shape index (κ2) is 6.72. The zero-order valence-electron chi connectivity index (χ0n) is 12.4. The van der Waals surface area contributed by atoms with Crippen LogP contribution in [0.2, 0.25) is 0 Å². The lowest BCUT2D eigenvalue weighted by Gasteiger charge is -2.38. The van der Waals surface area contributed by atoms with Crippen molar-refractivity contribution >= 4 is 27.5 Å². The van der Waals surface area contributed by atoms with Crippen molar-refractivity contribution in [1.29, 1.82) is 0 Å². The minimum absolute atomic E-state index is 0.0774. The number of nitrogens with one attached hydrogen (secondary N) is 1. The van der Waals surface area contributed by atoms with Crippen LogP contribution in [0.15, 0.2) is 28.7 Å². The maximum atomic E-state index is 12.3. The van der Waals surface area contributed by atoms with Gasteiger partial charge in [0.25, 0.3) is 0 Å². The van der Waals surface area contributed by atoms with Gasteiger partial charge in [-0.3, -0.25) is 9.69 Å². The summed E-state index contributed by atoms with van der Waals surface area (Å²) in [4.78, 5) is 14.6. The van der Waals surface area contributed by atoms with Crippen LogP contribution in [0.4, 0.5) is 5.69 Å². The smallest absolute Gasteiger partial charge is 0.241 e. The van der Waals surface area contributed by atoms with Gasteiger partial charge in [-0.05, 0) is 49.4 Å². The van der Waals surface area contributed by atoms with Crippen molar-refractivity contribution in [3.8, 4) is 0 Å². The Bertz CT molecular complexity index is 450. The third kappa shape index (κ3) is 4.06. The summed E-state index contributed by atoms with van der Waals surface area (Å²) in [7, 11) is 0. The fourth-order valence-electron chi connectivity index (χ4n) is 2.97. The summed E-state index contributed by atoms with van der Waals surface area (Å²) < 4.78 is 1.02. The first-order valence-electron chi connectivity index (χ1n) is 7.26. The molecule has 3 nitrogen and oxygen atoms in total. The molecule has 0 saturated carbocycles. The van der Waals surface area contributed by atoms with Crippen LogP contribution in [0.25, 0.3) is 0 Å². The molecular weight excluding hydrogens is 316 g/mol. The highest BCUT2D eigenvalue weighted by molar-refractivity contribution is 9.10. The molecule has 1 aromatic carbocycles. The molecule has 20 heavy (non-hydrogen) atoms. The molecule has 1 aliphatic rings. The first-order valence-corrected chi connectivity index (χ1v) is 8.05. The molecule has 1 N–H and O–H groups in total. The molecule has 4 heteroatoms. The number of nitrogens with zero attached hydrogens (tertiary/aromatic N) is 1. The van der Waals surface area contributed by atoms with Gasteiger partial charge in [0.15, 0.2) is 0 Å². The maximum absolute atomic E-state index is 12.3. The number of hydrogen-bond acceptors (Lipinski definition) is 2. The molecule has 110 valence electrons. The second-order valence-corrected chi connectivity index (χ2v) is 6.99. The summed E-state index contributed by atoms with van der Waals surface area (Å²) in [5.41, 5.74) is 0.850. The Morgan fingerprint density at radius 3 is 2.35 bits per heavy atom. The zero-order chi connectivity index (χ0) is 14.7. The number of carbonyl (C=O) groups excluding carboxylic acids is 1. The summed E-state index contributed by atoms with van der Waals surface area (Å²) in [5, 5.41) is 2.99. The largest absolute Gasteiger partial charge is 0.325 e. The van der Waals surface area contributed by atoms with Crippen molar-refractivity contribution in [3.63, 3.8) is 0 Å². The fraction of sp³-hybridized carbons (Fsp3) is 0.562. The van der Waals surface area contributed by atoms with Crippen LogP contribution in [0.3, 0.4) is 0 Å². The van der Waals surface area contributed by atoms with Gasteiger partial charge in [-0.2, -0.15) is 0 Å². The Morgan fingerprint density at radius 2 is 1.80 bits per heavy atom. The second-order valence-electron chi connectivity index (χ2n) is 6.07. The van der Waals surface area contributed by atoms with Crippen molar-refractivity contribution in [3.05, 3.63) is 28.7 Å². The molecule has 1 saturated heterocycles. The number of piperidine rings is 1. The zero-order valence-corrected chi connectivity index (χ0v) is 14.0. The Balaban J connectivity index is 1.96. The van der Waals surface area contributed by atoms with Crippen molar-refractivity contribution in [2.75, 3.05) is 18.4 Å². The predicted octanol–water partition coefficient (Wildman–Crippen LogP) is 3.75. The summed E-state index contributed by atoms with van der Waals surface area (Å²) in [6, 6.07) is 7.62. The van der Waals surface area contributed by atoms with E-state index in [1.807, 2.05) is 31.2 Å². The molecule has 0 aromatic heterocycles. The fourth-order valence-corrected chi connectivity index (χ4v) is 3.24. The highest BCUT2D eigenvalue weighted by atomic mass is 79.9. The first-order chi connectivity index (χ1) is 9.45. The first kappa shape index (κ1) is 15.5. The van der Waals surface area contributed by atoms with Gasteiger partial charge in [0.2, 0.25) is 5.91 Å². The molecule has 0 spiro atoms. The van der Waals surface area contributed by atoms with Crippen molar-refractivity contribution in [2.24, 2.45) is 11.8 Å². The molecule has 1 heterocycles. The molecule has 1 aromatic rings. The number of rotatable bonds is 3. The van der Waals surface area contributed by atoms with E-state index in [4.69, 9.17) is 0 Å². The van der Waals surface area contributed by atoms with Gasteiger partial charge in [-0.25, -0.2) is 0 Å². The Hall–Kier alpha value is -0.870. The standard InChI is InChI=1S/C16H23BrN2O/c1-11-8-12(2)10-19(9-11)13(3)16(20)18-15-6-4-14(17)5-7-15/h4-7,11-13H,8-10H2,1-3H3,(H,18,20)/t11-,12-,13+/m1/s1. The predicted molar refractivity (Wildman–Crippen MR) is 86.8 cm³/mol. The van der Waals surface area contributed by atoms with Crippen LogP contribution in [-0.2, 0) is 4.79 Å². The monoisotopic (exact) mass is 338 g/mol. The van der Waals surface area contributed by atoms with E-state index >= 15 is 0 Å². The van der Waals surface area contributed by atoms with E-state index in [2.05, 4.69) is 40.0 Å². The molecule has 3 atom stereocenters. The Labute approximate surface area is 129 Å². The molecular formula is C16H23BrN2O. The molecule has 2 rings (SSSR count). The van der Waals surface area contributed by atoms with Gasteiger partial charge in [0.1, 0.15) is 0 Å². The summed E-state index contributed by atoms with van der Waals surface area (Å²) in [6.07, 6.45) is 1.26. The molecule has 0 unspecified atom stereocenters. The van der Waals surface area contributed by atoms with Crippen molar-refractivity contribution in [1.82, 2.24) is 4.90 Å². The van der Waals surface area contributed by atoms with Crippen LogP contribution in [0.1, 0.15) is 27.2 Å². The Kier molecular flexibility index (Phi) is 5.22. The topological polar surface area (TPSA) is 32.3 Å². The van der Waals surface area contributed by atoms with E-state index in [0.717, 1.165) is 23.2 Å². The van der Waals surface area contributed by atoms with E-state index in [1.165, 1.54) is 6.42 Å². The van der Waals surface area contributed by atoms with Gasteiger partial charge >= 0.3 is 0 Å². The van der Waals surface area contributed by atoms with Crippen LogP contribution in [-0.4, -0.2) is 29.9 Å². The SMILES string of the molecule is C[C@@H]1C[C@@H](C)CN([C@@H](C)C(=O)Nc2ccc(Br)cc2)C1. The average Bonchev–Trinajstić information content (AvgIpc) is 2.39. The van der Waals surface area contributed by atoms with E-state index in [-0.39, 0.29) is 11.9 Å². The van der Waals surface area contributed by atoms with Gasteiger partial charge in [-0.15, -0.1) is 0 Å². The lowest BCUT2D eigenvalue weighted by atomic mass is 9.91. The number of amides is 1. The van der Waals surface area contributed by atoms with E-state index in [9.17, 15) is 4.79 Å². The average molecular weight is 339 g/mol. The minimum Gasteiger partial charge on any atom is -0.325 e. The number of hydrogen-bond donors (Lipinski definition) is 1. The van der Waals surface area contributed by atoms with Gasteiger partial charge in [0.05, 0.1) is 6.04 Å². The van der Waals surface area contributed by atoms with Gasteiger partial charge < -0.3 is 5.32 Å². The van der Waals surface area contributed by atoms with Gasteiger partial charge in [0, 0.05) is 23.2 Å². The molecule has 0 radical (unpaired) electrons. The summed E-state index contributed by atoms with van der Waals surface area (Å²) >= 11 is 3.40. The van der Waals surface area contributed by atoms with Gasteiger partial charge in [-0.1, -0.05) is 29.8 Å². The lowest BCUT2D eigenvalue weighted by Crippen LogP contribution is -2.48. The Morgan fingerprint density at radius 1 is 1.25 bits per heavy atom. The number of carbonyl (C=O) groups is 1. The number of likely N-dealkylation sites (tertiary alicyclic amines) is 1. The highest BCUT2D eigenvalue weighted by Gasteiger charge is 2.28. The number of anilines is 1.